The fraction of sp³-hybridized carbons (Fsp3) is 0.200. The van der Waals surface area contributed by atoms with Gasteiger partial charge >= 0.3 is 0 Å². The van der Waals surface area contributed by atoms with Gasteiger partial charge < -0.3 is 4.74 Å². The molecule has 6 heteroatoms. The van der Waals surface area contributed by atoms with Crippen LogP contribution >= 0.6 is 22.3 Å². The summed E-state index contributed by atoms with van der Waals surface area (Å²) in [4.78, 5) is 0.138. The third-order valence-electron chi connectivity index (χ3n) is 2.97. The summed E-state index contributed by atoms with van der Waals surface area (Å²) >= 11 is 5.91. The topological polar surface area (TPSA) is 43.4 Å². The lowest BCUT2D eigenvalue weighted by Gasteiger charge is -2.11. The Balaban J connectivity index is 2.23. The highest BCUT2D eigenvalue weighted by Gasteiger charge is 2.17. The monoisotopic (exact) mass is 344 g/mol. The van der Waals surface area contributed by atoms with E-state index in [2.05, 4.69) is 0 Å². The maximum Gasteiger partial charge on any atom is 0.261 e. The van der Waals surface area contributed by atoms with Gasteiger partial charge in [-0.1, -0.05) is 23.7 Å². The SMILES string of the molecule is Cc1cc(OCc2cccc(Cl)c2)cc(C)c1S(=O)(=O)Cl. The minimum absolute atomic E-state index is 0.138. The first-order valence-corrected chi connectivity index (χ1v) is 8.89. The standard InChI is InChI=1S/C15H14Cl2O3S/c1-10-6-14(7-11(2)15(10)21(17,18)19)20-9-12-4-3-5-13(16)8-12/h3-8H,9H2,1-2H3. The van der Waals surface area contributed by atoms with Gasteiger partial charge in [0.1, 0.15) is 12.4 Å². The van der Waals surface area contributed by atoms with Gasteiger partial charge in [-0.2, -0.15) is 0 Å². The van der Waals surface area contributed by atoms with E-state index in [0.29, 0.717) is 28.5 Å². The number of aryl methyl sites for hydroxylation is 2. The second-order valence-electron chi connectivity index (χ2n) is 4.74. The molecule has 2 rings (SSSR count). The molecular formula is C15H14Cl2O3S. The molecule has 0 atom stereocenters. The highest BCUT2D eigenvalue weighted by atomic mass is 35.7. The van der Waals surface area contributed by atoms with Gasteiger partial charge in [0.25, 0.3) is 9.05 Å². The van der Waals surface area contributed by atoms with Crippen molar-refractivity contribution >= 4 is 31.3 Å². The van der Waals surface area contributed by atoms with E-state index in [1.165, 1.54) is 0 Å². The summed E-state index contributed by atoms with van der Waals surface area (Å²) in [5.74, 6) is 0.592. The van der Waals surface area contributed by atoms with Crippen molar-refractivity contribution in [2.24, 2.45) is 0 Å². The van der Waals surface area contributed by atoms with Gasteiger partial charge in [-0.05, 0) is 54.8 Å². The van der Waals surface area contributed by atoms with Crippen LogP contribution in [0.1, 0.15) is 16.7 Å². The molecular weight excluding hydrogens is 331 g/mol. The van der Waals surface area contributed by atoms with Crippen molar-refractivity contribution in [3.05, 3.63) is 58.1 Å². The number of hydrogen-bond acceptors (Lipinski definition) is 3. The molecule has 0 spiro atoms. The Labute approximate surface area is 133 Å². The lowest BCUT2D eigenvalue weighted by Crippen LogP contribution is -2.01. The third kappa shape index (κ3) is 4.13. The van der Waals surface area contributed by atoms with Crippen molar-refractivity contribution in [1.29, 1.82) is 0 Å². The number of hydrogen-bond donors (Lipinski definition) is 0. The molecule has 0 bridgehead atoms. The van der Waals surface area contributed by atoms with Gasteiger partial charge in [0.05, 0.1) is 4.90 Å². The predicted octanol–water partition coefficient (Wildman–Crippen LogP) is 4.46. The van der Waals surface area contributed by atoms with E-state index in [1.807, 2.05) is 18.2 Å². The quantitative estimate of drug-likeness (QED) is 0.768. The third-order valence-corrected chi connectivity index (χ3v) is 4.80. The largest absolute Gasteiger partial charge is 0.489 e. The van der Waals surface area contributed by atoms with Gasteiger partial charge in [-0.15, -0.1) is 0 Å². The van der Waals surface area contributed by atoms with Crippen LogP contribution in [0.3, 0.4) is 0 Å². The van der Waals surface area contributed by atoms with Crippen LogP contribution in [0.15, 0.2) is 41.3 Å². The summed E-state index contributed by atoms with van der Waals surface area (Å²) < 4.78 is 28.7. The summed E-state index contributed by atoms with van der Waals surface area (Å²) in [6.07, 6.45) is 0. The fourth-order valence-corrected chi connectivity index (χ4v) is 4.00. The van der Waals surface area contributed by atoms with E-state index < -0.39 is 9.05 Å². The molecule has 0 fully saturated rings. The molecule has 0 aliphatic heterocycles. The Morgan fingerprint density at radius 1 is 1.10 bits per heavy atom. The van der Waals surface area contributed by atoms with Crippen LogP contribution in [0.5, 0.6) is 5.75 Å². The first-order valence-electron chi connectivity index (χ1n) is 6.20. The molecule has 0 saturated carbocycles. The highest BCUT2D eigenvalue weighted by molar-refractivity contribution is 8.13. The van der Waals surface area contributed by atoms with E-state index in [0.717, 1.165) is 5.56 Å². The molecule has 0 aromatic heterocycles. The number of benzene rings is 2. The van der Waals surface area contributed by atoms with Crippen molar-refractivity contribution in [2.45, 2.75) is 25.3 Å². The molecule has 3 nitrogen and oxygen atoms in total. The zero-order valence-electron chi connectivity index (χ0n) is 11.6. The molecule has 0 aliphatic carbocycles. The summed E-state index contributed by atoms with van der Waals surface area (Å²) in [5.41, 5.74) is 2.06. The summed E-state index contributed by atoms with van der Waals surface area (Å²) in [6, 6.07) is 10.7. The van der Waals surface area contributed by atoms with Gasteiger partial charge in [0.2, 0.25) is 0 Å². The number of halogens is 2. The first-order chi connectivity index (χ1) is 9.77. The summed E-state index contributed by atoms with van der Waals surface area (Å²) in [7, 11) is 1.67. The van der Waals surface area contributed by atoms with E-state index in [-0.39, 0.29) is 4.90 Å². The molecule has 0 saturated heterocycles. The molecule has 112 valence electrons. The summed E-state index contributed by atoms with van der Waals surface area (Å²) in [6.45, 7) is 3.73. The number of ether oxygens (including phenoxy) is 1. The zero-order valence-corrected chi connectivity index (χ0v) is 13.9. The van der Waals surface area contributed by atoms with E-state index in [9.17, 15) is 8.42 Å². The Morgan fingerprint density at radius 2 is 1.71 bits per heavy atom. The van der Waals surface area contributed by atoms with Crippen molar-refractivity contribution in [1.82, 2.24) is 0 Å². The Morgan fingerprint density at radius 3 is 2.24 bits per heavy atom. The second-order valence-corrected chi connectivity index (χ2v) is 7.68. The van der Waals surface area contributed by atoms with Crippen LogP contribution in [-0.2, 0) is 15.7 Å². The normalized spacial score (nSPS) is 11.4. The van der Waals surface area contributed by atoms with Crippen LogP contribution in [0.2, 0.25) is 5.02 Å². The lowest BCUT2D eigenvalue weighted by atomic mass is 10.1. The fourth-order valence-electron chi connectivity index (χ4n) is 2.17. The minimum atomic E-state index is -3.75. The number of rotatable bonds is 4. The maximum absolute atomic E-state index is 11.5. The minimum Gasteiger partial charge on any atom is -0.489 e. The molecule has 0 amide bonds. The van der Waals surface area contributed by atoms with E-state index >= 15 is 0 Å². The highest BCUT2D eigenvalue weighted by Crippen LogP contribution is 2.28. The van der Waals surface area contributed by atoms with Crippen LogP contribution < -0.4 is 4.74 Å². The van der Waals surface area contributed by atoms with E-state index in [4.69, 9.17) is 27.0 Å². The van der Waals surface area contributed by atoms with Crippen molar-refractivity contribution in [3.63, 3.8) is 0 Å². The molecule has 0 radical (unpaired) electrons. The smallest absolute Gasteiger partial charge is 0.261 e. The Kier molecular flexibility index (Phi) is 4.81. The molecule has 2 aromatic rings. The second kappa shape index (κ2) is 6.26. The average molecular weight is 345 g/mol. The van der Waals surface area contributed by atoms with Gasteiger partial charge in [-0.25, -0.2) is 8.42 Å². The maximum atomic E-state index is 11.5. The van der Waals surface area contributed by atoms with Gasteiger partial charge in [0.15, 0.2) is 0 Å². The Bertz CT molecular complexity index is 747. The molecule has 21 heavy (non-hydrogen) atoms. The van der Waals surface area contributed by atoms with Crippen molar-refractivity contribution in [2.75, 3.05) is 0 Å². The Hall–Kier alpha value is -1.23. The molecule has 0 aliphatic rings. The molecule has 0 N–H and O–H groups in total. The van der Waals surface area contributed by atoms with Gasteiger partial charge in [0, 0.05) is 15.7 Å². The zero-order chi connectivity index (χ0) is 15.6. The van der Waals surface area contributed by atoms with Crippen LogP contribution in [-0.4, -0.2) is 8.42 Å². The van der Waals surface area contributed by atoms with E-state index in [1.54, 1.807) is 32.0 Å². The van der Waals surface area contributed by atoms with Crippen molar-refractivity contribution < 1.29 is 13.2 Å². The summed E-state index contributed by atoms with van der Waals surface area (Å²) in [5, 5.41) is 0.645. The van der Waals surface area contributed by atoms with Crippen LogP contribution in [0.25, 0.3) is 0 Å². The molecule has 2 aromatic carbocycles. The van der Waals surface area contributed by atoms with Gasteiger partial charge in [-0.3, -0.25) is 0 Å². The van der Waals surface area contributed by atoms with Crippen LogP contribution in [0.4, 0.5) is 0 Å². The average Bonchev–Trinajstić information content (AvgIpc) is 2.34. The predicted molar refractivity (Wildman–Crippen MR) is 84.7 cm³/mol. The molecule has 0 unspecified atom stereocenters. The van der Waals surface area contributed by atoms with Crippen LogP contribution in [0, 0.1) is 13.8 Å². The van der Waals surface area contributed by atoms with Crippen molar-refractivity contribution in [3.8, 4) is 5.75 Å². The lowest BCUT2D eigenvalue weighted by molar-refractivity contribution is 0.305. The first kappa shape index (κ1) is 16.1. The molecule has 0 heterocycles.